The number of nitrogens with one attached hydrogen (secondary N) is 1. The number of carbonyl (C=O) groups excluding carboxylic acids is 2. The van der Waals surface area contributed by atoms with Gasteiger partial charge in [-0.05, 0) is 31.5 Å². The van der Waals surface area contributed by atoms with E-state index in [1.54, 1.807) is 16.4 Å². The summed E-state index contributed by atoms with van der Waals surface area (Å²) in [6, 6.07) is 2.68. The van der Waals surface area contributed by atoms with Crippen LogP contribution in [-0.4, -0.2) is 57.4 Å². The standard InChI is InChI=1S/C25H26ClF3N6O3/c1-4-19-22(34-9-7-33(8-10-34)15(3)36)23(38)21-24(31-14(2)12-30-21)35(19)13-20(37)32-18-6-5-16(11-17(18)26)25(27,28)29/h5-6,11-12H,4,7-10,13H2,1-3H3,(H,32,37). The molecule has 9 nitrogen and oxygen atoms in total. The number of aromatic nitrogens is 3. The molecule has 0 bridgehead atoms. The van der Waals surface area contributed by atoms with Crippen LogP contribution < -0.4 is 15.6 Å². The molecule has 0 unspecified atom stereocenters. The van der Waals surface area contributed by atoms with Gasteiger partial charge in [-0.15, -0.1) is 0 Å². The molecule has 0 spiro atoms. The summed E-state index contributed by atoms with van der Waals surface area (Å²) in [5.41, 5.74) is 0.596. The van der Waals surface area contributed by atoms with E-state index in [2.05, 4.69) is 15.3 Å². The van der Waals surface area contributed by atoms with Gasteiger partial charge in [0.1, 0.15) is 12.2 Å². The number of fused-ring (bicyclic) bond motifs is 1. The average molecular weight is 551 g/mol. The fourth-order valence-corrected chi connectivity index (χ4v) is 4.77. The van der Waals surface area contributed by atoms with E-state index in [1.165, 1.54) is 13.1 Å². The zero-order chi connectivity index (χ0) is 27.8. The molecule has 0 aliphatic carbocycles. The number of hydrogen-bond acceptors (Lipinski definition) is 6. The van der Waals surface area contributed by atoms with Crippen LogP contribution in [0.5, 0.6) is 0 Å². The van der Waals surface area contributed by atoms with Gasteiger partial charge in [0.05, 0.1) is 22.0 Å². The van der Waals surface area contributed by atoms with E-state index in [0.717, 1.165) is 18.2 Å². The lowest BCUT2D eigenvalue weighted by atomic mass is 10.1. The van der Waals surface area contributed by atoms with Crippen LogP contribution in [0.15, 0.2) is 29.2 Å². The lowest BCUT2D eigenvalue weighted by molar-refractivity contribution is -0.137. The van der Waals surface area contributed by atoms with Gasteiger partial charge in [-0.3, -0.25) is 14.4 Å². The number of pyridine rings is 1. The number of carbonyl (C=O) groups is 2. The summed E-state index contributed by atoms with van der Waals surface area (Å²) in [5, 5.41) is 2.30. The predicted octanol–water partition coefficient (Wildman–Crippen LogP) is 3.64. The number of benzene rings is 1. The van der Waals surface area contributed by atoms with E-state index in [1.807, 2.05) is 11.8 Å². The molecule has 2 aromatic heterocycles. The van der Waals surface area contributed by atoms with E-state index in [4.69, 9.17) is 11.6 Å². The lowest BCUT2D eigenvalue weighted by Crippen LogP contribution is -2.49. The average Bonchev–Trinajstić information content (AvgIpc) is 2.86. The number of hydrogen-bond donors (Lipinski definition) is 1. The first kappa shape index (κ1) is 27.4. The van der Waals surface area contributed by atoms with E-state index in [0.29, 0.717) is 49.7 Å². The Morgan fingerprint density at radius 2 is 1.84 bits per heavy atom. The van der Waals surface area contributed by atoms with Crippen LogP contribution in [0, 0.1) is 6.92 Å². The molecule has 4 rings (SSSR count). The van der Waals surface area contributed by atoms with Crippen LogP contribution in [0.2, 0.25) is 5.02 Å². The fourth-order valence-electron chi connectivity index (χ4n) is 4.54. The Morgan fingerprint density at radius 1 is 1.16 bits per heavy atom. The van der Waals surface area contributed by atoms with Crippen LogP contribution in [0.4, 0.5) is 24.5 Å². The highest BCUT2D eigenvalue weighted by Gasteiger charge is 2.31. The van der Waals surface area contributed by atoms with E-state index >= 15 is 0 Å². The van der Waals surface area contributed by atoms with Gasteiger partial charge in [-0.2, -0.15) is 13.2 Å². The van der Waals surface area contributed by atoms with Gasteiger partial charge in [0.25, 0.3) is 0 Å². The summed E-state index contributed by atoms with van der Waals surface area (Å²) in [5.74, 6) is -0.613. The van der Waals surface area contributed by atoms with Crippen LogP contribution in [0.3, 0.4) is 0 Å². The summed E-state index contributed by atoms with van der Waals surface area (Å²) < 4.78 is 40.6. The molecule has 0 radical (unpaired) electrons. The third-order valence-electron chi connectivity index (χ3n) is 6.41. The van der Waals surface area contributed by atoms with Crippen molar-refractivity contribution in [2.24, 2.45) is 0 Å². The van der Waals surface area contributed by atoms with Crippen molar-refractivity contribution in [3.8, 4) is 0 Å². The minimum Gasteiger partial charge on any atom is -0.363 e. The molecular weight excluding hydrogens is 525 g/mol. The highest BCUT2D eigenvalue weighted by Crippen LogP contribution is 2.34. The van der Waals surface area contributed by atoms with Crippen molar-refractivity contribution in [3.63, 3.8) is 0 Å². The SMILES string of the molecule is CCc1c(N2CCN(C(C)=O)CC2)c(=O)c2ncc(C)nc2n1CC(=O)Nc1ccc(C(F)(F)F)cc1Cl. The van der Waals surface area contributed by atoms with Gasteiger partial charge < -0.3 is 19.7 Å². The summed E-state index contributed by atoms with van der Waals surface area (Å²) in [6.45, 7) is 6.53. The Bertz CT molecular complexity index is 1470. The first-order valence-corrected chi connectivity index (χ1v) is 12.3. The number of alkyl halides is 3. The number of rotatable bonds is 5. The second-order valence-electron chi connectivity index (χ2n) is 8.98. The van der Waals surface area contributed by atoms with Crippen LogP contribution in [0.25, 0.3) is 11.2 Å². The zero-order valence-electron chi connectivity index (χ0n) is 21.0. The van der Waals surface area contributed by atoms with Gasteiger partial charge in [-0.1, -0.05) is 18.5 Å². The first-order chi connectivity index (χ1) is 17.9. The lowest BCUT2D eigenvalue weighted by Gasteiger charge is -2.36. The maximum absolute atomic E-state index is 13.6. The molecule has 202 valence electrons. The Hall–Kier alpha value is -3.67. The van der Waals surface area contributed by atoms with Gasteiger partial charge >= 0.3 is 6.18 Å². The molecule has 1 aliphatic rings. The van der Waals surface area contributed by atoms with Crippen molar-refractivity contribution in [2.75, 3.05) is 36.4 Å². The smallest absolute Gasteiger partial charge is 0.363 e. The molecule has 1 aliphatic heterocycles. The Kier molecular flexibility index (Phi) is 7.63. The second-order valence-corrected chi connectivity index (χ2v) is 9.39. The number of piperazine rings is 1. The molecule has 3 heterocycles. The van der Waals surface area contributed by atoms with Crippen molar-refractivity contribution < 1.29 is 22.8 Å². The third-order valence-corrected chi connectivity index (χ3v) is 6.72. The Morgan fingerprint density at radius 3 is 2.42 bits per heavy atom. The van der Waals surface area contributed by atoms with Crippen LogP contribution in [-0.2, 0) is 28.7 Å². The minimum atomic E-state index is -4.57. The normalized spacial score (nSPS) is 14.2. The molecule has 38 heavy (non-hydrogen) atoms. The molecular formula is C25H26ClF3N6O3. The molecule has 0 saturated carbocycles. The van der Waals surface area contributed by atoms with Crippen molar-refractivity contribution in [2.45, 2.75) is 39.9 Å². The minimum absolute atomic E-state index is 0.0240. The van der Waals surface area contributed by atoms with Crippen molar-refractivity contribution >= 4 is 46.0 Å². The quantitative estimate of drug-likeness (QED) is 0.521. The van der Waals surface area contributed by atoms with Crippen LogP contribution in [0.1, 0.15) is 30.8 Å². The second kappa shape index (κ2) is 10.6. The topological polar surface area (TPSA) is 100 Å². The Labute approximate surface area is 221 Å². The third kappa shape index (κ3) is 5.45. The van der Waals surface area contributed by atoms with E-state index < -0.39 is 17.6 Å². The monoisotopic (exact) mass is 550 g/mol. The largest absolute Gasteiger partial charge is 0.416 e. The number of halogens is 4. The van der Waals surface area contributed by atoms with Crippen LogP contribution >= 0.6 is 11.6 Å². The maximum Gasteiger partial charge on any atom is 0.416 e. The molecule has 0 atom stereocenters. The van der Waals surface area contributed by atoms with Crippen molar-refractivity contribution in [3.05, 3.63) is 56.6 Å². The molecule has 3 aromatic rings. The summed E-state index contributed by atoms with van der Waals surface area (Å²) in [4.78, 5) is 50.8. The zero-order valence-corrected chi connectivity index (χ0v) is 21.8. The number of amides is 2. The number of aryl methyl sites for hydroxylation is 1. The number of nitrogens with zero attached hydrogens (tertiary/aromatic N) is 5. The molecule has 1 aromatic carbocycles. The van der Waals surface area contributed by atoms with Crippen molar-refractivity contribution in [1.82, 2.24) is 19.4 Å². The fraction of sp³-hybridized carbons (Fsp3) is 0.400. The maximum atomic E-state index is 13.6. The highest BCUT2D eigenvalue weighted by atomic mass is 35.5. The molecule has 1 fully saturated rings. The van der Waals surface area contributed by atoms with Gasteiger partial charge in [0.15, 0.2) is 11.2 Å². The predicted molar refractivity (Wildman–Crippen MR) is 137 cm³/mol. The van der Waals surface area contributed by atoms with Gasteiger partial charge in [0, 0.05) is 45.0 Å². The van der Waals surface area contributed by atoms with E-state index in [9.17, 15) is 27.6 Å². The Balaban J connectivity index is 1.73. The summed E-state index contributed by atoms with van der Waals surface area (Å²) >= 11 is 6.02. The molecule has 1 N–H and O–H groups in total. The van der Waals surface area contributed by atoms with E-state index in [-0.39, 0.29) is 39.8 Å². The van der Waals surface area contributed by atoms with Gasteiger partial charge in [-0.25, -0.2) is 9.97 Å². The molecule has 13 heteroatoms. The molecule has 1 saturated heterocycles. The summed E-state index contributed by atoms with van der Waals surface area (Å²) in [7, 11) is 0. The number of anilines is 2. The summed E-state index contributed by atoms with van der Waals surface area (Å²) in [6.07, 6.45) is -2.71. The molecule has 2 amide bonds. The van der Waals surface area contributed by atoms with Gasteiger partial charge in [0.2, 0.25) is 17.2 Å². The first-order valence-electron chi connectivity index (χ1n) is 12.0. The van der Waals surface area contributed by atoms with Crippen molar-refractivity contribution in [1.29, 1.82) is 0 Å². The highest BCUT2D eigenvalue weighted by molar-refractivity contribution is 6.33.